The van der Waals surface area contributed by atoms with Crippen molar-refractivity contribution < 1.29 is 19.3 Å². The molecule has 0 saturated heterocycles. The van der Waals surface area contributed by atoms with E-state index in [0.29, 0.717) is 0 Å². The molecule has 0 aromatic carbocycles. The summed E-state index contributed by atoms with van der Waals surface area (Å²) in [5, 5.41) is 0. The maximum absolute atomic E-state index is 10.5. The van der Waals surface area contributed by atoms with Gasteiger partial charge in [0.15, 0.2) is 0 Å². The highest BCUT2D eigenvalue weighted by molar-refractivity contribution is 5.81. The van der Waals surface area contributed by atoms with Gasteiger partial charge in [0.2, 0.25) is 0 Å². The zero-order chi connectivity index (χ0) is 9.94. The Morgan fingerprint density at radius 2 is 2.23 bits per heavy atom. The average Bonchev–Trinajstić information content (AvgIpc) is 2.16. The van der Waals surface area contributed by atoms with Gasteiger partial charge in [0.25, 0.3) is 0 Å². The molecule has 0 spiro atoms. The number of esters is 1. The van der Waals surface area contributed by atoms with E-state index in [2.05, 4.69) is 21.1 Å². The van der Waals surface area contributed by atoms with E-state index in [1.54, 1.807) is 6.08 Å². The van der Waals surface area contributed by atoms with Crippen LogP contribution in [0.5, 0.6) is 0 Å². The van der Waals surface area contributed by atoms with Crippen LogP contribution in [0.25, 0.3) is 0 Å². The number of hydrogen-bond donors (Lipinski definition) is 0. The van der Waals surface area contributed by atoms with Crippen LogP contribution in [-0.2, 0) is 19.3 Å². The number of ether oxygens (including phenoxy) is 1. The SMILES string of the molecule is C=CC(=O)OCCOOC=CCC. The molecule has 0 aromatic heterocycles. The Kier molecular flexibility index (Phi) is 7.93. The second kappa shape index (κ2) is 8.80. The van der Waals surface area contributed by atoms with Crippen molar-refractivity contribution in [1.82, 2.24) is 0 Å². The minimum atomic E-state index is -0.465. The topological polar surface area (TPSA) is 44.8 Å². The van der Waals surface area contributed by atoms with Crippen molar-refractivity contribution in [3.8, 4) is 0 Å². The molecule has 0 radical (unpaired) electrons. The lowest BCUT2D eigenvalue weighted by atomic mass is 10.5. The highest BCUT2D eigenvalue weighted by Gasteiger charge is 1.93. The molecule has 0 N–H and O–H groups in total. The standard InChI is InChI=1S/C9H14O4/c1-3-5-6-12-13-8-7-11-9(10)4-2/h4-6H,2-3,7-8H2,1H3. The van der Waals surface area contributed by atoms with Gasteiger partial charge in [-0.15, -0.1) is 0 Å². The van der Waals surface area contributed by atoms with Gasteiger partial charge in [-0.25, -0.2) is 4.79 Å². The number of carbonyl (C=O) groups is 1. The smallest absolute Gasteiger partial charge is 0.330 e. The molecule has 0 aliphatic carbocycles. The molecule has 4 heteroatoms. The maximum atomic E-state index is 10.5. The fourth-order valence-corrected chi connectivity index (χ4v) is 0.458. The summed E-state index contributed by atoms with van der Waals surface area (Å²) in [6.45, 7) is 5.58. The number of allylic oxidation sites excluding steroid dienone is 1. The first-order valence-electron chi connectivity index (χ1n) is 4.03. The van der Waals surface area contributed by atoms with Gasteiger partial charge in [0, 0.05) is 6.08 Å². The van der Waals surface area contributed by atoms with Gasteiger partial charge in [0.05, 0.1) is 0 Å². The van der Waals surface area contributed by atoms with Crippen molar-refractivity contribution in [3.63, 3.8) is 0 Å². The molecule has 0 bridgehead atoms. The Morgan fingerprint density at radius 1 is 1.46 bits per heavy atom. The monoisotopic (exact) mass is 186 g/mol. The Balaban J connectivity index is 3.12. The molecular formula is C9H14O4. The van der Waals surface area contributed by atoms with Crippen LogP contribution in [0.1, 0.15) is 13.3 Å². The van der Waals surface area contributed by atoms with E-state index >= 15 is 0 Å². The third-order valence-corrected chi connectivity index (χ3v) is 1.03. The largest absolute Gasteiger partial charge is 0.460 e. The quantitative estimate of drug-likeness (QED) is 0.151. The van der Waals surface area contributed by atoms with Crippen molar-refractivity contribution in [2.45, 2.75) is 13.3 Å². The van der Waals surface area contributed by atoms with Crippen molar-refractivity contribution in [2.24, 2.45) is 0 Å². The lowest BCUT2D eigenvalue weighted by Gasteiger charge is -2.01. The summed E-state index contributed by atoms with van der Waals surface area (Å²) in [6.07, 6.45) is 5.22. The van der Waals surface area contributed by atoms with Crippen molar-refractivity contribution in [2.75, 3.05) is 13.2 Å². The molecule has 0 aromatic rings. The lowest BCUT2D eigenvalue weighted by molar-refractivity contribution is -0.254. The first-order chi connectivity index (χ1) is 6.31. The molecule has 0 saturated carbocycles. The minimum absolute atomic E-state index is 0.158. The molecule has 13 heavy (non-hydrogen) atoms. The van der Waals surface area contributed by atoms with Crippen LogP contribution in [0.3, 0.4) is 0 Å². The van der Waals surface area contributed by atoms with Gasteiger partial charge in [-0.1, -0.05) is 13.5 Å². The lowest BCUT2D eigenvalue weighted by Crippen LogP contribution is -2.07. The zero-order valence-electron chi connectivity index (χ0n) is 7.69. The Labute approximate surface area is 77.7 Å². The summed E-state index contributed by atoms with van der Waals surface area (Å²) in [5.74, 6) is -0.465. The van der Waals surface area contributed by atoms with Crippen molar-refractivity contribution >= 4 is 5.97 Å². The summed E-state index contributed by atoms with van der Waals surface area (Å²) >= 11 is 0. The highest BCUT2D eigenvalue weighted by atomic mass is 17.2. The maximum Gasteiger partial charge on any atom is 0.330 e. The van der Waals surface area contributed by atoms with Crippen LogP contribution < -0.4 is 0 Å². The molecule has 0 rings (SSSR count). The predicted molar refractivity (Wildman–Crippen MR) is 47.6 cm³/mol. The van der Waals surface area contributed by atoms with Gasteiger partial charge in [-0.05, 0) is 12.5 Å². The molecule has 0 aliphatic rings. The van der Waals surface area contributed by atoms with E-state index < -0.39 is 5.97 Å². The normalized spacial score (nSPS) is 9.92. The number of rotatable bonds is 7. The molecule has 0 unspecified atom stereocenters. The molecule has 0 fully saturated rings. The van der Waals surface area contributed by atoms with Crippen LogP contribution in [-0.4, -0.2) is 19.2 Å². The van der Waals surface area contributed by atoms with Crippen LogP contribution in [0.15, 0.2) is 25.0 Å². The first kappa shape index (κ1) is 11.7. The van der Waals surface area contributed by atoms with Crippen LogP contribution in [0.2, 0.25) is 0 Å². The highest BCUT2D eigenvalue weighted by Crippen LogP contribution is 1.85. The third-order valence-electron chi connectivity index (χ3n) is 1.03. The Hall–Kier alpha value is -1.29. The summed E-state index contributed by atoms with van der Waals surface area (Å²) < 4.78 is 4.61. The summed E-state index contributed by atoms with van der Waals surface area (Å²) in [5.41, 5.74) is 0. The molecule has 0 atom stereocenters. The van der Waals surface area contributed by atoms with Gasteiger partial charge in [-0.3, -0.25) is 0 Å². The number of carbonyl (C=O) groups excluding carboxylic acids is 1. The fraction of sp³-hybridized carbons (Fsp3) is 0.444. The molecule has 74 valence electrons. The summed E-state index contributed by atoms with van der Waals surface area (Å²) in [4.78, 5) is 19.7. The van der Waals surface area contributed by atoms with Crippen LogP contribution in [0.4, 0.5) is 0 Å². The molecule has 0 amide bonds. The van der Waals surface area contributed by atoms with Crippen molar-refractivity contribution in [1.29, 1.82) is 0 Å². The van der Waals surface area contributed by atoms with E-state index in [1.807, 2.05) is 6.92 Å². The summed E-state index contributed by atoms with van der Waals surface area (Å²) in [7, 11) is 0. The number of hydrogen-bond acceptors (Lipinski definition) is 4. The second-order valence-corrected chi connectivity index (χ2v) is 2.07. The van der Waals surface area contributed by atoms with E-state index in [-0.39, 0.29) is 13.2 Å². The second-order valence-electron chi connectivity index (χ2n) is 2.07. The van der Waals surface area contributed by atoms with Gasteiger partial charge in [0.1, 0.15) is 19.5 Å². The van der Waals surface area contributed by atoms with Gasteiger partial charge < -0.3 is 9.62 Å². The van der Waals surface area contributed by atoms with E-state index in [9.17, 15) is 4.79 Å². The molecule has 0 aliphatic heterocycles. The zero-order valence-corrected chi connectivity index (χ0v) is 7.69. The third kappa shape index (κ3) is 8.62. The average molecular weight is 186 g/mol. The Bertz CT molecular complexity index is 174. The van der Waals surface area contributed by atoms with Crippen LogP contribution in [0, 0.1) is 0 Å². The van der Waals surface area contributed by atoms with Gasteiger partial charge in [-0.2, -0.15) is 4.89 Å². The van der Waals surface area contributed by atoms with Gasteiger partial charge >= 0.3 is 5.97 Å². The van der Waals surface area contributed by atoms with E-state index in [4.69, 9.17) is 0 Å². The van der Waals surface area contributed by atoms with Crippen LogP contribution >= 0.6 is 0 Å². The van der Waals surface area contributed by atoms with E-state index in [1.165, 1.54) is 6.26 Å². The molecular weight excluding hydrogens is 172 g/mol. The summed E-state index contributed by atoms with van der Waals surface area (Å²) in [6, 6.07) is 0. The molecule has 0 heterocycles. The Morgan fingerprint density at radius 3 is 2.85 bits per heavy atom. The van der Waals surface area contributed by atoms with E-state index in [0.717, 1.165) is 12.5 Å². The predicted octanol–water partition coefficient (Wildman–Crippen LogP) is 1.59. The molecule has 4 nitrogen and oxygen atoms in total. The van der Waals surface area contributed by atoms with Crippen molar-refractivity contribution in [3.05, 3.63) is 25.0 Å². The first-order valence-corrected chi connectivity index (χ1v) is 4.03. The minimum Gasteiger partial charge on any atom is -0.460 e. The fourth-order valence-electron chi connectivity index (χ4n) is 0.458.